The predicted molar refractivity (Wildman–Crippen MR) is 92.7 cm³/mol. The zero-order valence-corrected chi connectivity index (χ0v) is 15.7. The molecule has 2 rings (SSSR count). The number of pyridine rings is 1. The number of nitrogens with zero attached hydrogens (tertiary/aromatic N) is 3. The Bertz CT molecular complexity index is 491. The van der Waals surface area contributed by atoms with E-state index in [9.17, 15) is 5.11 Å². The summed E-state index contributed by atoms with van der Waals surface area (Å²) in [6.07, 6.45) is 3.10. The van der Waals surface area contributed by atoms with E-state index < -0.39 is 0 Å². The highest BCUT2D eigenvalue weighted by Crippen LogP contribution is 2.27. The molecule has 0 aliphatic carbocycles. The third-order valence-electron chi connectivity index (χ3n) is 4.75. The summed E-state index contributed by atoms with van der Waals surface area (Å²) in [4.78, 5) is 9.41. The quantitative estimate of drug-likeness (QED) is 0.761. The molecule has 1 aromatic rings. The summed E-state index contributed by atoms with van der Waals surface area (Å²) in [5, 5.41) is 10.5. The highest BCUT2D eigenvalue weighted by molar-refractivity contribution is 5.54. The van der Waals surface area contributed by atoms with E-state index in [4.69, 9.17) is 4.98 Å². The molecule has 2 heterocycles. The van der Waals surface area contributed by atoms with Crippen LogP contribution in [0.25, 0.3) is 0 Å². The molecule has 0 saturated heterocycles. The first-order chi connectivity index (χ1) is 10.5. The second kappa shape index (κ2) is 9.45. The van der Waals surface area contributed by atoms with E-state index in [1.165, 1.54) is 29.8 Å². The van der Waals surface area contributed by atoms with E-state index in [1.54, 1.807) is 0 Å². The number of hydrogen-bond donors (Lipinski definition) is 1. The molecule has 0 radical (unpaired) electrons. The van der Waals surface area contributed by atoms with Crippen LogP contribution in [0.2, 0.25) is 0 Å². The molecule has 1 aliphatic heterocycles. The standard InChI is InChI=1S/C18H31N3O.ClH/c1-5-20(6-2)12-16(22)13-21-10-8-7-9-17-18(21)11-14(3)15(4)19-17;/h11,16,22H,5-10,12-13H2,1-4H3;1H/p-1. The van der Waals surface area contributed by atoms with E-state index in [2.05, 4.69) is 43.6 Å². The molecular formula is C18H31ClN3O-. The molecule has 4 nitrogen and oxygen atoms in total. The number of likely N-dealkylation sites (N-methyl/N-ethyl adjacent to an activating group) is 1. The van der Waals surface area contributed by atoms with Crippen molar-refractivity contribution in [3.8, 4) is 0 Å². The molecule has 0 aromatic carbocycles. The molecule has 0 amide bonds. The lowest BCUT2D eigenvalue weighted by Crippen LogP contribution is -3.00. The summed E-state index contributed by atoms with van der Waals surface area (Å²) in [6, 6.07) is 2.26. The van der Waals surface area contributed by atoms with Crippen LogP contribution in [0.5, 0.6) is 0 Å². The van der Waals surface area contributed by atoms with Gasteiger partial charge in [-0.05, 0) is 57.8 Å². The van der Waals surface area contributed by atoms with Gasteiger partial charge in [-0.25, -0.2) is 0 Å². The molecule has 1 unspecified atom stereocenters. The first-order valence-corrected chi connectivity index (χ1v) is 8.67. The minimum absolute atomic E-state index is 0. The van der Waals surface area contributed by atoms with Gasteiger partial charge in [0, 0.05) is 25.3 Å². The van der Waals surface area contributed by atoms with Gasteiger partial charge in [-0.15, -0.1) is 0 Å². The van der Waals surface area contributed by atoms with Gasteiger partial charge in [-0.2, -0.15) is 0 Å². The summed E-state index contributed by atoms with van der Waals surface area (Å²) in [5.41, 5.74) is 4.81. The van der Waals surface area contributed by atoms with E-state index in [0.29, 0.717) is 6.54 Å². The third kappa shape index (κ3) is 5.33. The number of β-amino-alcohol motifs (C(OH)–C–C–N with tert-alkyl or cyclic N) is 1. The van der Waals surface area contributed by atoms with Gasteiger partial charge in [0.15, 0.2) is 0 Å². The Hall–Kier alpha value is -0.840. The lowest BCUT2D eigenvalue weighted by Gasteiger charge is -2.30. The zero-order valence-electron chi connectivity index (χ0n) is 15.0. The maximum Gasteiger partial charge on any atom is 0.0841 e. The number of aromatic nitrogens is 1. The van der Waals surface area contributed by atoms with Crippen LogP contribution in [0, 0.1) is 13.8 Å². The SMILES string of the molecule is CCN(CC)CC(O)CN1CCCCc2nc(C)c(C)cc21.[Cl-]. The first kappa shape index (κ1) is 20.2. The number of aryl methyl sites for hydroxylation is 3. The van der Waals surface area contributed by atoms with E-state index in [1.807, 2.05) is 0 Å². The molecule has 23 heavy (non-hydrogen) atoms. The smallest absolute Gasteiger partial charge is 0.0841 e. The molecule has 0 bridgehead atoms. The second-order valence-electron chi connectivity index (χ2n) is 6.40. The van der Waals surface area contributed by atoms with Crippen molar-refractivity contribution in [2.45, 2.75) is 53.1 Å². The Labute approximate surface area is 147 Å². The van der Waals surface area contributed by atoms with Crippen LogP contribution in [-0.4, -0.2) is 53.8 Å². The molecule has 1 atom stereocenters. The van der Waals surface area contributed by atoms with Crippen LogP contribution in [0.1, 0.15) is 43.6 Å². The lowest BCUT2D eigenvalue weighted by atomic mass is 10.1. The molecule has 1 aliphatic rings. The maximum absolute atomic E-state index is 10.5. The Balaban J connectivity index is 0.00000264. The second-order valence-corrected chi connectivity index (χ2v) is 6.40. The van der Waals surface area contributed by atoms with Crippen molar-refractivity contribution in [3.63, 3.8) is 0 Å². The maximum atomic E-state index is 10.5. The first-order valence-electron chi connectivity index (χ1n) is 8.67. The normalized spacial score (nSPS) is 15.8. The Morgan fingerprint density at radius 1 is 1.26 bits per heavy atom. The van der Waals surface area contributed by atoms with Crippen molar-refractivity contribution in [2.24, 2.45) is 0 Å². The zero-order chi connectivity index (χ0) is 16.1. The fourth-order valence-electron chi connectivity index (χ4n) is 3.20. The van der Waals surface area contributed by atoms with Gasteiger partial charge in [0.05, 0.1) is 17.5 Å². The number of fused-ring (bicyclic) bond motifs is 1. The molecule has 0 spiro atoms. The van der Waals surface area contributed by atoms with Crippen molar-refractivity contribution < 1.29 is 17.5 Å². The van der Waals surface area contributed by atoms with E-state index in [0.717, 1.165) is 38.3 Å². The monoisotopic (exact) mass is 340 g/mol. The summed E-state index contributed by atoms with van der Waals surface area (Å²) in [5.74, 6) is 0. The molecule has 5 heteroatoms. The van der Waals surface area contributed by atoms with Crippen molar-refractivity contribution >= 4 is 5.69 Å². The van der Waals surface area contributed by atoms with Gasteiger partial charge in [-0.1, -0.05) is 13.8 Å². The van der Waals surface area contributed by atoms with Gasteiger partial charge in [-0.3, -0.25) is 4.98 Å². The fourth-order valence-corrected chi connectivity index (χ4v) is 3.20. The van der Waals surface area contributed by atoms with Crippen molar-refractivity contribution in [2.75, 3.05) is 37.6 Å². The summed E-state index contributed by atoms with van der Waals surface area (Å²) >= 11 is 0. The van der Waals surface area contributed by atoms with Gasteiger partial charge >= 0.3 is 0 Å². The van der Waals surface area contributed by atoms with Crippen LogP contribution in [0.3, 0.4) is 0 Å². The average Bonchev–Trinajstić information content (AvgIpc) is 2.68. The summed E-state index contributed by atoms with van der Waals surface area (Å²) in [6.45, 7) is 12.9. The highest BCUT2D eigenvalue weighted by Gasteiger charge is 2.20. The fraction of sp³-hybridized carbons (Fsp3) is 0.722. The van der Waals surface area contributed by atoms with Gasteiger partial charge in [0.25, 0.3) is 0 Å². The largest absolute Gasteiger partial charge is 1.00 e. The van der Waals surface area contributed by atoms with Crippen LogP contribution < -0.4 is 17.3 Å². The summed E-state index contributed by atoms with van der Waals surface area (Å²) in [7, 11) is 0. The molecular weight excluding hydrogens is 310 g/mol. The molecule has 1 N–H and O–H groups in total. The van der Waals surface area contributed by atoms with Crippen molar-refractivity contribution in [3.05, 3.63) is 23.0 Å². The van der Waals surface area contributed by atoms with Crippen LogP contribution in [0.4, 0.5) is 5.69 Å². The molecule has 1 aromatic heterocycles. The molecule has 132 valence electrons. The van der Waals surface area contributed by atoms with Crippen molar-refractivity contribution in [1.82, 2.24) is 9.88 Å². The van der Waals surface area contributed by atoms with E-state index >= 15 is 0 Å². The number of aliphatic hydroxyl groups excluding tert-OH is 1. The Morgan fingerprint density at radius 2 is 1.96 bits per heavy atom. The van der Waals surface area contributed by atoms with Gasteiger partial charge in [0.2, 0.25) is 0 Å². The number of aliphatic hydroxyl groups is 1. The lowest BCUT2D eigenvalue weighted by molar-refractivity contribution is -0.00000720. The van der Waals surface area contributed by atoms with Gasteiger partial charge < -0.3 is 27.3 Å². The Morgan fingerprint density at radius 3 is 2.61 bits per heavy atom. The number of halogens is 1. The molecule has 0 saturated carbocycles. The van der Waals surface area contributed by atoms with Gasteiger partial charge in [0.1, 0.15) is 0 Å². The third-order valence-corrected chi connectivity index (χ3v) is 4.75. The predicted octanol–water partition coefficient (Wildman–Crippen LogP) is -0.452. The van der Waals surface area contributed by atoms with E-state index in [-0.39, 0.29) is 18.5 Å². The van der Waals surface area contributed by atoms with Crippen molar-refractivity contribution in [1.29, 1.82) is 0 Å². The number of anilines is 1. The topological polar surface area (TPSA) is 39.6 Å². The minimum atomic E-state index is -0.313. The highest BCUT2D eigenvalue weighted by atomic mass is 35.5. The Kier molecular flexibility index (Phi) is 8.31. The summed E-state index contributed by atoms with van der Waals surface area (Å²) < 4.78 is 0. The van der Waals surface area contributed by atoms with Crippen LogP contribution in [-0.2, 0) is 6.42 Å². The number of hydrogen-bond acceptors (Lipinski definition) is 4. The van der Waals surface area contributed by atoms with Crippen LogP contribution in [0.15, 0.2) is 6.07 Å². The molecule has 0 fully saturated rings. The minimum Gasteiger partial charge on any atom is -1.00 e. The average molecular weight is 341 g/mol. The van der Waals surface area contributed by atoms with Crippen LogP contribution >= 0.6 is 0 Å². The number of rotatable bonds is 6.